The molecular formula is C29H32N2O5. The SMILES string of the molecule is CCOC(=O)N(c1c(-c2ccc(-c3ccc(C4(C(=O)O)CC4)cc3)cc2)noc1C)C1CCCCC1. The highest BCUT2D eigenvalue weighted by molar-refractivity contribution is 5.94. The fourth-order valence-electron chi connectivity index (χ4n) is 5.35. The predicted octanol–water partition coefficient (Wildman–Crippen LogP) is 6.73. The number of nitrogens with zero attached hydrogens (tertiary/aromatic N) is 2. The van der Waals surface area contributed by atoms with Gasteiger partial charge in [-0.1, -0.05) is 73.0 Å². The largest absolute Gasteiger partial charge is 0.481 e. The Balaban J connectivity index is 1.43. The second-order valence-electron chi connectivity index (χ2n) is 9.84. The number of hydrogen-bond acceptors (Lipinski definition) is 5. The van der Waals surface area contributed by atoms with E-state index in [-0.39, 0.29) is 12.1 Å². The van der Waals surface area contributed by atoms with Gasteiger partial charge in [-0.15, -0.1) is 0 Å². The van der Waals surface area contributed by atoms with Crippen molar-refractivity contribution in [1.82, 2.24) is 5.16 Å². The van der Waals surface area contributed by atoms with Crippen LogP contribution in [0, 0.1) is 6.92 Å². The highest BCUT2D eigenvalue weighted by Gasteiger charge is 2.51. The van der Waals surface area contributed by atoms with E-state index in [0.717, 1.165) is 47.9 Å². The first-order chi connectivity index (χ1) is 17.4. The third-order valence-corrected chi connectivity index (χ3v) is 7.57. The Hall–Kier alpha value is -3.61. The summed E-state index contributed by atoms with van der Waals surface area (Å²) in [5.41, 5.74) is 4.35. The van der Waals surface area contributed by atoms with Gasteiger partial charge in [-0.2, -0.15) is 0 Å². The van der Waals surface area contributed by atoms with E-state index in [0.29, 0.717) is 36.6 Å². The second kappa shape index (κ2) is 9.80. The number of carbonyl (C=O) groups excluding carboxylic acids is 1. The third kappa shape index (κ3) is 4.38. The van der Waals surface area contributed by atoms with Crippen LogP contribution >= 0.6 is 0 Å². The Morgan fingerprint density at radius 2 is 1.58 bits per heavy atom. The van der Waals surface area contributed by atoms with Gasteiger partial charge in [-0.05, 0) is 56.2 Å². The Labute approximate surface area is 211 Å². The molecule has 0 atom stereocenters. The van der Waals surface area contributed by atoms with Gasteiger partial charge in [0.1, 0.15) is 11.4 Å². The normalized spacial score (nSPS) is 16.9. The first-order valence-electron chi connectivity index (χ1n) is 12.8. The number of hydrogen-bond donors (Lipinski definition) is 1. The van der Waals surface area contributed by atoms with E-state index in [1.165, 1.54) is 6.42 Å². The molecule has 0 radical (unpaired) electrons. The average Bonchev–Trinajstić information content (AvgIpc) is 3.64. The van der Waals surface area contributed by atoms with Crippen molar-refractivity contribution in [3.8, 4) is 22.4 Å². The summed E-state index contributed by atoms with van der Waals surface area (Å²) in [6.45, 7) is 3.96. The van der Waals surface area contributed by atoms with E-state index in [1.54, 1.807) is 4.90 Å². The summed E-state index contributed by atoms with van der Waals surface area (Å²) in [5.74, 6) is -0.154. The van der Waals surface area contributed by atoms with E-state index in [1.807, 2.05) is 62.4 Å². The van der Waals surface area contributed by atoms with Crippen LogP contribution in [-0.4, -0.2) is 35.0 Å². The summed E-state index contributed by atoms with van der Waals surface area (Å²) >= 11 is 0. The molecule has 1 amide bonds. The molecule has 7 heteroatoms. The van der Waals surface area contributed by atoms with Crippen LogP contribution in [0.3, 0.4) is 0 Å². The van der Waals surface area contributed by atoms with Gasteiger partial charge in [0.05, 0.1) is 12.0 Å². The Kier molecular flexibility index (Phi) is 6.56. The molecule has 1 heterocycles. The smallest absolute Gasteiger partial charge is 0.414 e. The lowest BCUT2D eigenvalue weighted by Crippen LogP contribution is -2.42. The number of ether oxygens (including phenoxy) is 1. The Bertz CT molecular complexity index is 1240. The molecule has 0 bridgehead atoms. The van der Waals surface area contributed by atoms with Crippen LogP contribution < -0.4 is 4.90 Å². The number of carboxylic acid groups (broad SMARTS) is 1. The van der Waals surface area contributed by atoms with Gasteiger partial charge in [0.25, 0.3) is 0 Å². The second-order valence-corrected chi connectivity index (χ2v) is 9.84. The zero-order chi connectivity index (χ0) is 25.3. The molecule has 0 unspecified atom stereocenters. The minimum absolute atomic E-state index is 0.0630. The van der Waals surface area contributed by atoms with Gasteiger partial charge < -0.3 is 14.4 Å². The molecule has 0 saturated heterocycles. The van der Waals surface area contributed by atoms with Crippen LogP contribution in [0.4, 0.5) is 10.5 Å². The van der Waals surface area contributed by atoms with Crippen molar-refractivity contribution in [2.24, 2.45) is 0 Å². The topological polar surface area (TPSA) is 92.9 Å². The quantitative estimate of drug-likeness (QED) is 0.396. The maximum absolute atomic E-state index is 13.1. The summed E-state index contributed by atoms with van der Waals surface area (Å²) < 4.78 is 11.0. The highest BCUT2D eigenvalue weighted by Crippen LogP contribution is 2.48. The summed E-state index contributed by atoms with van der Waals surface area (Å²) in [7, 11) is 0. The number of rotatable bonds is 7. The van der Waals surface area contributed by atoms with Gasteiger partial charge >= 0.3 is 12.1 Å². The molecule has 2 aliphatic rings. The molecule has 188 valence electrons. The van der Waals surface area contributed by atoms with E-state index >= 15 is 0 Å². The number of carboxylic acids is 1. The van der Waals surface area contributed by atoms with Gasteiger partial charge in [0, 0.05) is 11.6 Å². The first-order valence-corrected chi connectivity index (χ1v) is 12.8. The standard InChI is InChI=1S/C29H32N2O5/c1-3-35-28(34)31(24-7-5-4-6-8-24)26-19(2)36-30-25(26)22-11-9-20(10-12-22)21-13-15-23(16-14-21)29(17-18-29)27(32)33/h9-16,24H,3-8,17-18H2,1-2H3,(H,32,33). The lowest BCUT2D eigenvalue weighted by atomic mass is 9.93. The molecule has 1 N–H and O–H groups in total. The summed E-state index contributed by atoms with van der Waals surface area (Å²) in [5, 5.41) is 13.9. The molecule has 7 nitrogen and oxygen atoms in total. The zero-order valence-electron chi connectivity index (χ0n) is 20.8. The predicted molar refractivity (Wildman–Crippen MR) is 137 cm³/mol. The molecule has 1 aromatic heterocycles. The van der Waals surface area contributed by atoms with E-state index in [9.17, 15) is 14.7 Å². The van der Waals surface area contributed by atoms with E-state index in [4.69, 9.17) is 9.26 Å². The lowest BCUT2D eigenvalue weighted by molar-refractivity contribution is -0.140. The van der Waals surface area contributed by atoms with Crippen molar-refractivity contribution >= 4 is 17.7 Å². The summed E-state index contributed by atoms with van der Waals surface area (Å²) in [6, 6.07) is 15.8. The van der Waals surface area contributed by atoms with E-state index < -0.39 is 11.4 Å². The van der Waals surface area contributed by atoms with Gasteiger partial charge in [0.15, 0.2) is 5.76 Å². The molecule has 2 aromatic carbocycles. The maximum Gasteiger partial charge on any atom is 0.414 e. The van der Waals surface area contributed by atoms with Crippen molar-refractivity contribution in [3.63, 3.8) is 0 Å². The van der Waals surface area contributed by atoms with Gasteiger partial charge in [-0.3, -0.25) is 9.69 Å². The van der Waals surface area contributed by atoms with Gasteiger partial charge in [0.2, 0.25) is 0 Å². The number of aromatic nitrogens is 1. The Morgan fingerprint density at radius 3 is 2.14 bits per heavy atom. The van der Waals surface area contributed by atoms with Gasteiger partial charge in [-0.25, -0.2) is 4.79 Å². The van der Waals surface area contributed by atoms with Crippen molar-refractivity contribution < 1.29 is 24.0 Å². The lowest BCUT2D eigenvalue weighted by Gasteiger charge is -2.33. The number of benzene rings is 2. The molecule has 5 rings (SSSR count). The Morgan fingerprint density at radius 1 is 1.00 bits per heavy atom. The molecule has 2 saturated carbocycles. The van der Waals surface area contributed by atoms with Crippen molar-refractivity contribution in [2.75, 3.05) is 11.5 Å². The third-order valence-electron chi connectivity index (χ3n) is 7.57. The van der Waals surface area contributed by atoms with Crippen LogP contribution in [0.15, 0.2) is 53.1 Å². The number of aliphatic carboxylic acids is 1. The van der Waals surface area contributed by atoms with Crippen LogP contribution in [0.25, 0.3) is 22.4 Å². The van der Waals surface area contributed by atoms with Crippen molar-refractivity contribution in [3.05, 3.63) is 59.9 Å². The minimum Gasteiger partial charge on any atom is -0.481 e. The van der Waals surface area contributed by atoms with Crippen LogP contribution in [0.5, 0.6) is 0 Å². The van der Waals surface area contributed by atoms with Crippen molar-refractivity contribution in [1.29, 1.82) is 0 Å². The number of anilines is 1. The number of amides is 1. The monoisotopic (exact) mass is 488 g/mol. The van der Waals surface area contributed by atoms with E-state index in [2.05, 4.69) is 5.16 Å². The van der Waals surface area contributed by atoms with Crippen molar-refractivity contribution in [2.45, 2.75) is 70.3 Å². The number of aryl methyl sites for hydroxylation is 1. The first kappa shape index (κ1) is 24.1. The van der Waals surface area contributed by atoms with Crippen LogP contribution in [0.1, 0.15) is 63.2 Å². The maximum atomic E-state index is 13.1. The molecule has 0 aliphatic heterocycles. The molecular weight excluding hydrogens is 456 g/mol. The van der Waals surface area contributed by atoms with Crippen LogP contribution in [-0.2, 0) is 14.9 Å². The molecule has 36 heavy (non-hydrogen) atoms. The summed E-state index contributed by atoms with van der Waals surface area (Å²) in [6.07, 6.45) is 6.25. The van der Waals surface area contributed by atoms with Crippen LogP contribution in [0.2, 0.25) is 0 Å². The zero-order valence-corrected chi connectivity index (χ0v) is 20.8. The fourth-order valence-corrected chi connectivity index (χ4v) is 5.35. The fraction of sp³-hybridized carbons (Fsp3) is 0.414. The molecule has 3 aromatic rings. The molecule has 2 aliphatic carbocycles. The highest BCUT2D eigenvalue weighted by atomic mass is 16.6. The summed E-state index contributed by atoms with van der Waals surface area (Å²) in [4.78, 5) is 26.4. The molecule has 0 spiro atoms. The average molecular weight is 489 g/mol. The molecule has 2 fully saturated rings. The number of carbonyl (C=O) groups is 2. The minimum atomic E-state index is -0.747.